The number of hydrogen-bond donors (Lipinski definition) is 3. The lowest BCUT2D eigenvalue weighted by Crippen LogP contribution is -2.63. The van der Waals surface area contributed by atoms with E-state index in [0.717, 1.165) is 48.0 Å². The Bertz CT molecular complexity index is 1510. The Hall–Kier alpha value is -3.32. The number of hydrogen-bond acceptors (Lipinski definition) is 5. The molecular formula is C46H70N2O5. The first-order chi connectivity index (χ1) is 25.3. The van der Waals surface area contributed by atoms with E-state index in [0.29, 0.717) is 22.2 Å². The van der Waals surface area contributed by atoms with Crippen LogP contribution in [0.4, 0.5) is 0 Å². The fourth-order valence-corrected chi connectivity index (χ4v) is 13.1. The molecule has 7 heteroatoms. The largest absolute Gasteiger partial charge is 0.497 e. The van der Waals surface area contributed by atoms with E-state index in [1.807, 2.05) is 19.1 Å². The quantitative estimate of drug-likeness (QED) is 0.202. The smallest absolute Gasteiger partial charge is 0.204 e. The second-order valence-electron chi connectivity index (χ2n) is 17.8. The molecule has 9 atom stereocenters. The van der Waals surface area contributed by atoms with Crippen LogP contribution in [0.1, 0.15) is 122 Å². The van der Waals surface area contributed by atoms with Gasteiger partial charge in [0.05, 0.1) is 20.3 Å². The lowest BCUT2D eigenvalue weighted by atomic mass is 9.36. The van der Waals surface area contributed by atoms with Gasteiger partial charge in [-0.15, -0.1) is 6.58 Å². The molecule has 5 fully saturated rings. The highest BCUT2D eigenvalue weighted by atomic mass is 16.5. The molecule has 5 aliphatic rings. The number of aliphatic hydroxyl groups excluding tert-OH is 1. The minimum absolute atomic E-state index is 0.0470. The standard InChI is InChI=1S/C41H58O3.C3H6.2CH3NO/c1-38(2)35-17-20-39(3)32-16-22-41(19-8-11-33(41)31(32)14-15-36(39)40(35,4)21-18-37(38)42)26-28-10-7-9-27(23-28)24-29-12-13-30(43-5)25-34(29)44-6;1-3-2;2*2-1-3/h7,9-10,12-13,23,25,31-33,35-37,42H,8,11,14-22,24,26H2,1-6H3;3H,1H2,2H3;2*1H,(H2,2,3). The van der Waals surface area contributed by atoms with Crippen molar-refractivity contribution in [3.63, 3.8) is 0 Å². The number of rotatable bonds is 6. The lowest BCUT2D eigenvalue weighted by Gasteiger charge is -2.69. The van der Waals surface area contributed by atoms with Crippen LogP contribution in [0.3, 0.4) is 0 Å². The van der Waals surface area contributed by atoms with Crippen molar-refractivity contribution in [2.75, 3.05) is 14.2 Å². The maximum Gasteiger partial charge on any atom is 0.204 e. The number of carbonyl (C=O) groups excluding carboxylic acids is 2. The first kappa shape index (κ1) is 42.4. The van der Waals surface area contributed by atoms with Crippen LogP contribution < -0.4 is 20.9 Å². The predicted molar refractivity (Wildman–Crippen MR) is 216 cm³/mol. The molecule has 0 bridgehead atoms. The van der Waals surface area contributed by atoms with E-state index >= 15 is 0 Å². The molecule has 0 aromatic heterocycles. The van der Waals surface area contributed by atoms with Gasteiger partial charge in [0.15, 0.2) is 0 Å². The van der Waals surface area contributed by atoms with Crippen molar-refractivity contribution >= 4 is 12.8 Å². The van der Waals surface area contributed by atoms with Gasteiger partial charge in [0, 0.05) is 12.5 Å². The number of methoxy groups -OCH3 is 2. The SMILES string of the molecule is C=CC.COc1ccc(Cc2cccc(CC34CCCC3C3CCC5C(C)(CCC6C(C)(C)C(O)CCC65C)C3CC4)c2)c(OC)c1.NC=O.NC=O. The average Bonchev–Trinajstić information content (AvgIpc) is 3.55. The molecule has 5 saturated carbocycles. The molecule has 7 rings (SSSR count). The number of nitrogens with two attached hydrogens (primary N) is 2. The van der Waals surface area contributed by atoms with Gasteiger partial charge in [-0.25, -0.2) is 0 Å². The number of carbonyl (C=O) groups is 2. The maximum atomic E-state index is 11.0. The molecule has 294 valence electrons. The van der Waals surface area contributed by atoms with Crippen LogP contribution in [-0.4, -0.2) is 38.3 Å². The van der Waals surface area contributed by atoms with Gasteiger partial charge in [-0.2, -0.15) is 0 Å². The van der Waals surface area contributed by atoms with Crippen LogP contribution in [0.5, 0.6) is 11.5 Å². The third-order valence-corrected chi connectivity index (χ3v) is 15.1. The summed E-state index contributed by atoms with van der Waals surface area (Å²) in [6.45, 7) is 15.4. The van der Waals surface area contributed by atoms with Crippen LogP contribution in [0.2, 0.25) is 0 Å². The molecule has 2 amide bonds. The Labute approximate surface area is 320 Å². The molecule has 0 heterocycles. The van der Waals surface area contributed by atoms with Crippen LogP contribution in [0.15, 0.2) is 55.1 Å². The molecule has 5 N–H and O–H groups in total. The number of benzene rings is 2. The monoisotopic (exact) mass is 731 g/mol. The van der Waals surface area contributed by atoms with Gasteiger partial charge in [-0.1, -0.05) is 70.5 Å². The summed E-state index contributed by atoms with van der Waals surface area (Å²) in [6, 6.07) is 15.7. The van der Waals surface area contributed by atoms with Crippen molar-refractivity contribution < 1.29 is 24.2 Å². The summed E-state index contributed by atoms with van der Waals surface area (Å²) >= 11 is 0. The average molecular weight is 731 g/mol. The maximum absolute atomic E-state index is 11.0. The predicted octanol–water partition coefficient (Wildman–Crippen LogP) is 9.06. The molecule has 0 aliphatic heterocycles. The van der Waals surface area contributed by atoms with Crippen LogP contribution >= 0.6 is 0 Å². The molecule has 5 aliphatic carbocycles. The topological polar surface area (TPSA) is 125 Å². The molecule has 0 saturated heterocycles. The van der Waals surface area contributed by atoms with E-state index in [9.17, 15) is 5.11 Å². The molecule has 2 aromatic rings. The highest BCUT2D eigenvalue weighted by Crippen LogP contribution is 2.73. The third-order valence-electron chi connectivity index (χ3n) is 15.1. The van der Waals surface area contributed by atoms with E-state index < -0.39 is 0 Å². The Balaban J connectivity index is 0.000000636. The molecule has 53 heavy (non-hydrogen) atoms. The zero-order valence-electron chi connectivity index (χ0n) is 33.9. The Kier molecular flexibility index (Phi) is 14.3. The number of ether oxygens (including phenoxy) is 2. The molecule has 2 aromatic carbocycles. The van der Waals surface area contributed by atoms with Crippen LogP contribution in [0.25, 0.3) is 0 Å². The van der Waals surface area contributed by atoms with Crippen molar-refractivity contribution in [2.45, 2.75) is 124 Å². The zero-order chi connectivity index (χ0) is 39.0. The van der Waals surface area contributed by atoms with Crippen LogP contribution in [-0.2, 0) is 22.4 Å². The fraction of sp³-hybridized carbons (Fsp3) is 0.652. The third kappa shape index (κ3) is 8.35. The Morgan fingerprint density at radius 3 is 2.11 bits per heavy atom. The normalized spacial score (nSPS) is 34.5. The Morgan fingerprint density at radius 1 is 0.792 bits per heavy atom. The van der Waals surface area contributed by atoms with Gasteiger partial charge in [0.2, 0.25) is 12.8 Å². The molecule has 0 radical (unpaired) electrons. The highest BCUT2D eigenvalue weighted by Gasteiger charge is 2.66. The van der Waals surface area contributed by atoms with Crippen LogP contribution in [0, 0.1) is 51.2 Å². The summed E-state index contributed by atoms with van der Waals surface area (Å²) in [5, 5.41) is 11.0. The summed E-state index contributed by atoms with van der Waals surface area (Å²) in [4.78, 5) is 17.2. The summed E-state index contributed by atoms with van der Waals surface area (Å²) < 4.78 is 11.2. The van der Waals surface area contributed by atoms with Gasteiger partial charge in [0.1, 0.15) is 11.5 Å². The minimum Gasteiger partial charge on any atom is -0.497 e. The molecular weight excluding hydrogens is 661 g/mol. The minimum atomic E-state index is -0.133. The molecule has 9 unspecified atom stereocenters. The van der Waals surface area contributed by atoms with Crippen molar-refractivity contribution in [1.82, 2.24) is 0 Å². The van der Waals surface area contributed by atoms with Gasteiger partial charge in [-0.05, 0) is 152 Å². The van der Waals surface area contributed by atoms with E-state index in [4.69, 9.17) is 19.1 Å². The number of allylic oxidation sites excluding steroid dienone is 1. The van der Waals surface area contributed by atoms with Crippen molar-refractivity contribution in [3.05, 3.63) is 71.8 Å². The van der Waals surface area contributed by atoms with Gasteiger partial charge in [-0.3, -0.25) is 9.59 Å². The number of primary amides is 2. The lowest BCUT2D eigenvalue weighted by molar-refractivity contribution is -0.214. The number of aliphatic hydroxyl groups is 1. The van der Waals surface area contributed by atoms with E-state index in [1.165, 1.54) is 87.3 Å². The van der Waals surface area contributed by atoms with Gasteiger partial charge in [0.25, 0.3) is 0 Å². The fourth-order valence-electron chi connectivity index (χ4n) is 13.1. The van der Waals surface area contributed by atoms with Gasteiger partial charge < -0.3 is 26.0 Å². The number of fused-ring (bicyclic) bond motifs is 7. The highest BCUT2D eigenvalue weighted by molar-refractivity contribution is 5.44. The first-order valence-corrected chi connectivity index (χ1v) is 20.1. The second kappa shape index (κ2) is 17.9. The summed E-state index contributed by atoms with van der Waals surface area (Å²) in [5.74, 6) is 5.91. The molecule has 0 spiro atoms. The first-order valence-electron chi connectivity index (χ1n) is 20.1. The van der Waals surface area contributed by atoms with Crippen molar-refractivity contribution in [3.8, 4) is 11.5 Å². The Morgan fingerprint density at radius 2 is 1.45 bits per heavy atom. The van der Waals surface area contributed by atoms with Gasteiger partial charge >= 0.3 is 0 Å². The molecule has 7 nitrogen and oxygen atoms in total. The summed E-state index contributed by atoms with van der Waals surface area (Å²) in [7, 11) is 3.46. The summed E-state index contributed by atoms with van der Waals surface area (Å²) in [5.41, 5.74) is 13.9. The van der Waals surface area contributed by atoms with E-state index in [1.54, 1.807) is 20.3 Å². The summed E-state index contributed by atoms with van der Waals surface area (Å²) in [6.07, 6.45) is 19.2. The second-order valence-corrected chi connectivity index (χ2v) is 17.8. The van der Waals surface area contributed by atoms with Crippen molar-refractivity contribution in [2.24, 2.45) is 62.7 Å². The van der Waals surface area contributed by atoms with E-state index in [2.05, 4.69) is 76.1 Å². The zero-order valence-corrected chi connectivity index (χ0v) is 33.9. The number of amides is 2. The van der Waals surface area contributed by atoms with E-state index in [-0.39, 0.29) is 24.3 Å². The van der Waals surface area contributed by atoms with Crippen molar-refractivity contribution in [1.29, 1.82) is 0 Å².